The summed E-state index contributed by atoms with van der Waals surface area (Å²) in [6.07, 6.45) is 68.1. The SMILES string of the molecule is CC/C=C\C/C=C\C/C=C\C/C=C\C/C=C\CCCCCCCCCC(=O)OCC(COC(=O)CCCCCCCCC)OC(=O)CCCC/C=C\C/C=C\C/C=C\C/C=C\CC. The van der Waals surface area contributed by atoms with Crippen LogP contribution in [0.1, 0.15) is 213 Å². The summed E-state index contributed by atoms with van der Waals surface area (Å²) in [5, 5.41) is 0. The van der Waals surface area contributed by atoms with Gasteiger partial charge in [0, 0.05) is 19.3 Å². The largest absolute Gasteiger partial charge is 0.462 e. The number of carbonyl (C=O) groups is 3. The molecule has 0 heterocycles. The number of esters is 3. The molecule has 0 rings (SSSR count). The van der Waals surface area contributed by atoms with Gasteiger partial charge in [-0.1, -0.05) is 201 Å². The fourth-order valence-corrected chi connectivity index (χ4v) is 6.52. The van der Waals surface area contributed by atoms with Crippen molar-refractivity contribution in [1.29, 1.82) is 0 Å². The lowest BCUT2D eigenvalue weighted by Gasteiger charge is -2.18. The molecule has 356 valence electrons. The molecule has 6 nitrogen and oxygen atoms in total. The van der Waals surface area contributed by atoms with Gasteiger partial charge in [-0.25, -0.2) is 0 Å². The van der Waals surface area contributed by atoms with Crippen LogP contribution in [0, 0.1) is 0 Å². The third kappa shape index (κ3) is 49.0. The number of ether oxygens (including phenoxy) is 3. The van der Waals surface area contributed by atoms with Crippen LogP contribution in [0.25, 0.3) is 0 Å². The standard InChI is InChI=1S/C57H92O6/c1-4-7-10-13-16-18-20-22-24-25-26-27-28-29-30-31-33-34-36-38-41-44-47-50-56(59)62-53-54(52-61-55(58)49-46-43-40-15-12-9-6-3)63-57(60)51-48-45-42-39-37-35-32-23-21-19-17-14-11-8-5-2/h7-8,10-11,16-19,22-24,26-27,29-30,32,37,39,54H,4-6,9,12-15,20-21,25,28,31,33-36,38,40-53H2,1-3H3/b10-7-,11-8-,18-16-,19-17-,24-22-,27-26-,30-29-,32-23-,39-37-. The zero-order valence-electron chi connectivity index (χ0n) is 40.5. The van der Waals surface area contributed by atoms with Crippen LogP contribution in [-0.2, 0) is 28.6 Å². The molecule has 0 aromatic heterocycles. The van der Waals surface area contributed by atoms with Crippen LogP contribution in [-0.4, -0.2) is 37.2 Å². The number of hydrogen-bond donors (Lipinski definition) is 0. The van der Waals surface area contributed by atoms with Gasteiger partial charge in [0.15, 0.2) is 6.10 Å². The van der Waals surface area contributed by atoms with Crippen molar-refractivity contribution >= 4 is 17.9 Å². The minimum absolute atomic E-state index is 0.0998. The van der Waals surface area contributed by atoms with Gasteiger partial charge in [-0.15, -0.1) is 0 Å². The maximum Gasteiger partial charge on any atom is 0.306 e. The van der Waals surface area contributed by atoms with Crippen LogP contribution in [0.2, 0.25) is 0 Å². The Hall–Kier alpha value is -3.93. The Morgan fingerprint density at radius 1 is 0.333 bits per heavy atom. The smallest absolute Gasteiger partial charge is 0.306 e. The summed E-state index contributed by atoms with van der Waals surface area (Å²) in [5.74, 6) is -0.967. The van der Waals surface area contributed by atoms with Crippen LogP contribution in [0.5, 0.6) is 0 Å². The Kier molecular flexibility index (Phi) is 47.5. The van der Waals surface area contributed by atoms with E-state index in [1.54, 1.807) is 0 Å². The molecule has 0 spiro atoms. The van der Waals surface area contributed by atoms with E-state index in [-0.39, 0.29) is 37.5 Å². The lowest BCUT2D eigenvalue weighted by atomic mass is 10.1. The Bertz CT molecular complexity index is 1330. The topological polar surface area (TPSA) is 78.9 Å². The third-order valence-corrected chi connectivity index (χ3v) is 10.3. The summed E-state index contributed by atoms with van der Waals surface area (Å²) in [7, 11) is 0. The summed E-state index contributed by atoms with van der Waals surface area (Å²) in [6.45, 7) is 6.30. The quantitative estimate of drug-likeness (QED) is 0.0263. The molecule has 0 saturated carbocycles. The highest BCUT2D eigenvalue weighted by Gasteiger charge is 2.19. The first-order chi connectivity index (χ1) is 31.0. The first-order valence-electron chi connectivity index (χ1n) is 25.4. The van der Waals surface area contributed by atoms with E-state index in [1.807, 2.05) is 0 Å². The van der Waals surface area contributed by atoms with Crippen molar-refractivity contribution in [3.05, 3.63) is 109 Å². The zero-order chi connectivity index (χ0) is 45.8. The predicted molar refractivity (Wildman–Crippen MR) is 270 cm³/mol. The fraction of sp³-hybridized carbons (Fsp3) is 0.632. The number of unbranched alkanes of at least 4 members (excludes halogenated alkanes) is 15. The summed E-state index contributed by atoms with van der Waals surface area (Å²) in [5.41, 5.74) is 0. The van der Waals surface area contributed by atoms with Crippen molar-refractivity contribution in [3.8, 4) is 0 Å². The van der Waals surface area contributed by atoms with Gasteiger partial charge in [-0.2, -0.15) is 0 Å². The van der Waals surface area contributed by atoms with E-state index in [2.05, 4.69) is 130 Å². The Balaban J connectivity index is 4.32. The lowest BCUT2D eigenvalue weighted by molar-refractivity contribution is -0.167. The van der Waals surface area contributed by atoms with Crippen LogP contribution >= 0.6 is 0 Å². The van der Waals surface area contributed by atoms with E-state index in [9.17, 15) is 14.4 Å². The molecule has 6 heteroatoms. The van der Waals surface area contributed by atoms with Crippen molar-refractivity contribution < 1.29 is 28.6 Å². The normalized spacial score (nSPS) is 13.0. The summed E-state index contributed by atoms with van der Waals surface area (Å²) in [4.78, 5) is 37.8. The second-order valence-electron chi connectivity index (χ2n) is 16.3. The monoisotopic (exact) mass is 873 g/mol. The molecule has 0 radical (unpaired) electrons. The van der Waals surface area contributed by atoms with E-state index < -0.39 is 6.10 Å². The van der Waals surface area contributed by atoms with Crippen molar-refractivity contribution in [2.45, 2.75) is 219 Å². The van der Waals surface area contributed by atoms with Crippen molar-refractivity contribution in [2.24, 2.45) is 0 Å². The number of allylic oxidation sites excluding steroid dienone is 18. The van der Waals surface area contributed by atoms with Gasteiger partial charge in [0.2, 0.25) is 0 Å². The average molecular weight is 873 g/mol. The van der Waals surface area contributed by atoms with Crippen LogP contribution in [0.4, 0.5) is 0 Å². The van der Waals surface area contributed by atoms with E-state index in [1.165, 1.54) is 51.4 Å². The molecule has 0 aliphatic heterocycles. The highest BCUT2D eigenvalue weighted by atomic mass is 16.6. The molecular formula is C57H92O6. The number of hydrogen-bond acceptors (Lipinski definition) is 6. The molecule has 0 N–H and O–H groups in total. The van der Waals surface area contributed by atoms with Gasteiger partial charge in [0.25, 0.3) is 0 Å². The minimum Gasteiger partial charge on any atom is -0.462 e. The second kappa shape index (κ2) is 50.7. The molecule has 1 unspecified atom stereocenters. The predicted octanol–water partition coefficient (Wildman–Crippen LogP) is 16.8. The van der Waals surface area contributed by atoms with Gasteiger partial charge in [0.05, 0.1) is 0 Å². The molecule has 0 aliphatic carbocycles. The van der Waals surface area contributed by atoms with Crippen molar-refractivity contribution in [1.82, 2.24) is 0 Å². The summed E-state index contributed by atoms with van der Waals surface area (Å²) < 4.78 is 16.7. The van der Waals surface area contributed by atoms with Crippen LogP contribution in [0.15, 0.2) is 109 Å². The zero-order valence-corrected chi connectivity index (χ0v) is 40.5. The molecule has 0 aliphatic rings. The summed E-state index contributed by atoms with van der Waals surface area (Å²) >= 11 is 0. The van der Waals surface area contributed by atoms with Crippen LogP contribution < -0.4 is 0 Å². The van der Waals surface area contributed by atoms with Crippen LogP contribution in [0.3, 0.4) is 0 Å². The Morgan fingerprint density at radius 3 is 1.00 bits per heavy atom. The maximum atomic E-state index is 12.7. The van der Waals surface area contributed by atoms with E-state index >= 15 is 0 Å². The third-order valence-electron chi connectivity index (χ3n) is 10.3. The van der Waals surface area contributed by atoms with Crippen molar-refractivity contribution in [3.63, 3.8) is 0 Å². The van der Waals surface area contributed by atoms with Gasteiger partial charge < -0.3 is 14.2 Å². The average Bonchev–Trinajstić information content (AvgIpc) is 3.28. The van der Waals surface area contributed by atoms with E-state index in [4.69, 9.17) is 14.2 Å². The number of rotatable bonds is 44. The molecule has 0 aromatic rings. The minimum atomic E-state index is -0.802. The van der Waals surface area contributed by atoms with Gasteiger partial charge in [0.1, 0.15) is 13.2 Å². The Morgan fingerprint density at radius 2 is 0.619 bits per heavy atom. The molecule has 0 saturated heterocycles. The second-order valence-corrected chi connectivity index (χ2v) is 16.3. The molecular weight excluding hydrogens is 781 g/mol. The number of carbonyl (C=O) groups excluding carboxylic acids is 3. The molecule has 0 aromatic carbocycles. The van der Waals surface area contributed by atoms with Gasteiger partial charge in [-0.05, 0) is 103 Å². The lowest BCUT2D eigenvalue weighted by Crippen LogP contribution is -2.30. The van der Waals surface area contributed by atoms with E-state index in [0.717, 1.165) is 116 Å². The molecule has 0 fully saturated rings. The van der Waals surface area contributed by atoms with Gasteiger partial charge >= 0.3 is 17.9 Å². The molecule has 0 bridgehead atoms. The molecule has 1 atom stereocenters. The van der Waals surface area contributed by atoms with Crippen molar-refractivity contribution in [2.75, 3.05) is 13.2 Å². The summed E-state index contributed by atoms with van der Waals surface area (Å²) in [6, 6.07) is 0. The van der Waals surface area contributed by atoms with Gasteiger partial charge in [-0.3, -0.25) is 14.4 Å². The highest BCUT2D eigenvalue weighted by Crippen LogP contribution is 2.13. The first kappa shape index (κ1) is 59.1. The Labute approximate surface area is 387 Å². The molecule has 0 amide bonds. The maximum absolute atomic E-state index is 12.7. The first-order valence-corrected chi connectivity index (χ1v) is 25.4. The van der Waals surface area contributed by atoms with E-state index in [0.29, 0.717) is 19.3 Å². The molecule has 63 heavy (non-hydrogen) atoms. The fourth-order valence-electron chi connectivity index (χ4n) is 6.52. The highest BCUT2D eigenvalue weighted by molar-refractivity contribution is 5.71.